The molecule has 0 aliphatic heterocycles. The maximum Gasteiger partial charge on any atom is 0.185 e. The minimum atomic E-state index is -0.0943. The van der Waals surface area contributed by atoms with Crippen molar-refractivity contribution in [2.24, 2.45) is 0 Å². The third-order valence-corrected chi connectivity index (χ3v) is 3.76. The molecule has 0 aliphatic carbocycles. The number of ketones is 1. The Bertz CT molecular complexity index is 819. The van der Waals surface area contributed by atoms with Crippen molar-refractivity contribution < 1.29 is 19.0 Å². The number of hydrogen-bond acceptors (Lipinski definition) is 4. The van der Waals surface area contributed by atoms with Crippen LogP contribution in [0.15, 0.2) is 60.9 Å². The third kappa shape index (κ3) is 6.62. The van der Waals surface area contributed by atoms with Crippen LogP contribution in [0.4, 0.5) is 0 Å². The predicted molar refractivity (Wildman–Crippen MR) is 113 cm³/mol. The molecule has 4 nitrogen and oxygen atoms in total. The summed E-state index contributed by atoms with van der Waals surface area (Å²) in [4.78, 5) is 12.5. The van der Waals surface area contributed by atoms with Crippen LogP contribution in [0.2, 0.25) is 0 Å². The van der Waals surface area contributed by atoms with E-state index in [1.165, 1.54) is 0 Å². The van der Waals surface area contributed by atoms with Gasteiger partial charge in [0.25, 0.3) is 0 Å². The van der Waals surface area contributed by atoms with Gasteiger partial charge in [-0.2, -0.15) is 0 Å². The lowest BCUT2D eigenvalue weighted by atomic mass is 10.1. The average Bonchev–Trinajstić information content (AvgIpc) is 2.69. The fourth-order valence-corrected chi connectivity index (χ4v) is 2.46. The van der Waals surface area contributed by atoms with Crippen molar-refractivity contribution in [1.82, 2.24) is 0 Å². The van der Waals surface area contributed by atoms with Gasteiger partial charge < -0.3 is 14.2 Å². The predicted octanol–water partition coefficient (Wildman–Crippen LogP) is 6.07. The molecule has 0 spiro atoms. The largest absolute Gasteiger partial charge is 0.494 e. The van der Waals surface area contributed by atoms with E-state index in [2.05, 4.69) is 20.4 Å². The number of ether oxygens (including phenoxy) is 3. The van der Waals surface area contributed by atoms with Crippen LogP contribution < -0.4 is 14.2 Å². The highest BCUT2D eigenvalue weighted by Crippen LogP contribution is 2.26. The van der Waals surface area contributed by atoms with Crippen molar-refractivity contribution >= 4 is 11.9 Å². The lowest BCUT2D eigenvalue weighted by Crippen LogP contribution is -2.00. The van der Waals surface area contributed by atoms with E-state index in [9.17, 15) is 4.79 Å². The molecule has 0 saturated carbocycles. The maximum absolute atomic E-state index is 12.5. The lowest BCUT2D eigenvalue weighted by Gasteiger charge is -2.11. The summed E-state index contributed by atoms with van der Waals surface area (Å²) in [6.07, 6.45) is 5.16. The summed E-state index contributed by atoms with van der Waals surface area (Å²) in [6.45, 7) is 10.9. The second-order valence-corrected chi connectivity index (χ2v) is 6.42. The summed E-state index contributed by atoms with van der Waals surface area (Å²) in [7, 11) is 0. The second kappa shape index (κ2) is 11.0. The van der Waals surface area contributed by atoms with Crippen LogP contribution in [-0.4, -0.2) is 19.0 Å². The minimum Gasteiger partial charge on any atom is -0.494 e. The standard InChI is InChI=1S/C24H28O4/c1-5-15-26-22-12-14-24(27-16-6-2)20(17-22)9-13-23(25)19-7-10-21(11-8-19)28-18(3)4/h7-14,17H,3,5-6,15-16H2,1-2,4H3. The van der Waals surface area contributed by atoms with E-state index in [1.54, 1.807) is 43.3 Å². The summed E-state index contributed by atoms with van der Waals surface area (Å²) < 4.78 is 16.9. The molecule has 0 aromatic heterocycles. The second-order valence-electron chi connectivity index (χ2n) is 6.42. The third-order valence-electron chi connectivity index (χ3n) is 3.76. The molecule has 0 saturated heterocycles. The molecule has 0 unspecified atom stereocenters. The van der Waals surface area contributed by atoms with Gasteiger partial charge in [-0.05, 0) is 74.4 Å². The van der Waals surface area contributed by atoms with Crippen molar-refractivity contribution in [3.8, 4) is 17.2 Å². The Morgan fingerprint density at radius 2 is 1.61 bits per heavy atom. The Morgan fingerprint density at radius 3 is 2.25 bits per heavy atom. The molecule has 0 atom stereocenters. The van der Waals surface area contributed by atoms with E-state index >= 15 is 0 Å². The fraction of sp³-hybridized carbons (Fsp3) is 0.292. The summed E-state index contributed by atoms with van der Waals surface area (Å²) >= 11 is 0. The van der Waals surface area contributed by atoms with Crippen LogP contribution >= 0.6 is 0 Å². The smallest absolute Gasteiger partial charge is 0.185 e. The number of rotatable bonds is 11. The first-order chi connectivity index (χ1) is 13.5. The fourth-order valence-electron chi connectivity index (χ4n) is 2.46. The number of benzene rings is 2. The molecule has 0 N–H and O–H groups in total. The SMILES string of the molecule is C=C(C)Oc1ccc(C(=O)C=Cc2cc(OCCC)ccc2OCCC)cc1. The van der Waals surface area contributed by atoms with Crippen molar-refractivity contribution in [2.75, 3.05) is 13.2 Å². The van der Waals surface area contributed by atoms with Gasteiger partial charge in [-0.15, -0.1) is 0 Å². The molecule has 2 aromatic carbocycles. The Labute approximate surface area is 167 Å². The molecule has 2 rings (SSSR count). The number of allylic oxidation sites excluding steroid dienone is 2. The molecule has 148 valence electrons. The van der Waals surface area contributed by atoms with E-state index in [0.29, 0.717) is 30.3 Å². The average molecular weight is 380 g/mol. The highest BCUT2D eigenvalue weighted by Gasteiger charge is 2.07. The minimum absolute atomic E-state index is 0.0943. The quantitative estimate of drug-likeness (QED) is 0.269. The Morgan fingerprint density at radius 1 is 0.964 bits per heavy atom. The van der Waals surface area contributed by atoms with E-state index < -0.39 is 0 Å². The summed E-state index contributed by atoms with van der Waals surface area (Å²) in [5, 5.41) is 0. The highest BCUT2D eigenvalue weighted by atomic mass is 16.5. The van der Waals surface area contributed by atoms with Gasteiger partial charge in [0.15, 0.2) is 5.78 Å². The monoisotopic (exact) mass is 380 g/mol. The first kappa shape index (κ1) is 21.3. The van der Waals surface area contributed by atoms with Crippen LogP contribution in [0.3, 0.4) is 0 Å². The summed E-state index contributed by atoms with van der Waals surface area (Å²) in [6, 6.07) is 12.7. The van der Waals surface area contributed by atoms with Crippen molar-refractivity contribution in [3.05, 3.63) is 72.0 Å². The van der Waals surface area contributed by atoms with Gasteiger partial charge in [0.1, 0.15) is 17.2 Å². The van der Waals surface area contributed by atoms with Crippen LogP contribution in [0, 0.1) is 0 Å². The molecule has 28 heavy (non-hydrogen) atoms. The van der Waals surface area contributed by atoms with Gasteiger partial charge >= 0.3 is 0 Å². The molecular formula is C24H28O4. The Balaban J connectivity index is 2.17. The summed E-state index contributed by atoms with van der Waals surface area (Å²) in [5.41, 5.74) is 1.40. The van der Waals surface area contributed by atoms with E-state index in [0.717, 1.165) is 29.9 Å². The van der Waals surface area contributed by atoms with Gasteiger partial charge in [-0.25, -0.2) is 0 Å². The molecule has 0 aliphatic rings. The van der Waals surface area contributed by atoms with Gasteiger partial charge in [-0.1, -0.05) is 20.4 Å². The number of carbonyl (C=O) groups excluding carboxylic acids is 1. The number of carbonyl (C=O) groups is 1. The van der Waals surface area contributed by atoms with Gasteiger partial charge in [0.2, 0.25) is 0 Å². The molecule has 0 heterocycles. The first-order valence-electron chi connectivity index (χ1n) is 9.59. The topological polar surface area (TPSA) is 44.8 Å². The molecule has 0 bridgehead atoms. The highest BCUT2D eigenvalue weighted by molar-refractivity contribution is 6.07. The molecule has 0 fully saturated rings. The number of hydrogen-bond donors (Lipinski definition) is 0. The molecular weight excluding hydrogens is 352 g/mol. The maximum atomic E-state index is 12.5. The first-order valence-corrected chi connectivity index (χ1v) is 9.59. The zero-order chi connectivity index (χ0) is 20.4. The molecule has 4 heteroatoms. The van der Waals surface area contributed by atoms with Gasteiger partial charge in [0, 0.05) is 11.1 Å². The zero-order valence-corrected chi connectivity index (χ0v) is 16.9. The molecule has 2 aromatic rings. The van der Waals surface area contributed by atoms with E-state index in [-0.39, 0.29) is 5.78 Å². The normalized spacial score (nSPS) is 10.7. The van der Waals surface area contributed by atoms with Crippen molar-refractivity contribution in [2.45, 2.75) is 33.6 Å². The van der Waals surface area contributed by atoms with Gasteiger partial charge in [0.05, 0.1) is 19.0 Å². The molecule has 0 radical (unpaired) electrons. The summed E-state index contributed by atoms with van der Waals surface area (Å²) in [5.74, 6) is 2.66. The van der Waals surface area contributed by atoms with Crippen LogP contribution in [0.25, 0.3) is 6.08 Å². The lowest BCUT2D eigenvalue weighted by molar-refractivity contribution is 0.104. The zero-order valence-electron chi connectivity index (χ0n) is 16.9. The van der Waals surface area contributed by atoms with Crippen LogP contribution in [0.1, 0.15) is 49.5 Å². The molecule has 0 amide bonds. The van der Waals surface area contributed by atoms with E-state index in [4.69, 9.17) is 14.2 Å². The van der Waals surface area contributed by atoms with Crippen LogP contribution in [-0.2, 0) is 0 Å². The van der Waals surface area contributed by atoms with Gasteiger partial charge in [-0.3, -0.25) is 4.79 Å². The van der Waals surface area contributed by atoms with Crippen molar-refractivity contribution in [1.29, 1.82) is 0 Å². The Hall–Kier alpha value is -3.01. The van der Waals surface area contributed by atoms with E-state index in [1.807, 2.05) is 18.2 Å². The Kier molecular flexibility index (Phi) is 8.35. The van der Waals surface area contributed by atoms with Crippen molar-refractivity contribution in [3.63, 3.8) is 0 Å². The van der Waals surface area contributed by atoms with Crippen LogP contribution in [0.5, 0.6) is 17.2 Å².